The Balaban J connectivity index is 2.01. The third-order valence-corrected chi connectivity index (χ3v) is 4.38. The summed E-state index contributed by atoms with van der Waals surface area (Å²) in [7, 11) is 0. The minimum Gasteiger partial charge on any atom is -0.390 e. The summed E-state index contributed by atoms with van der Waals surface area (Å²) in [6, 6.07) is 18.8. The number of hydrogen-bond acceptors (Lipinski definition) is 2. The highest BCUT2D eigenvalue weighted by molar-refractivity contribution is 6.31. The highest BCUT2D eigenvalue weighted by atomic mass is 35.5. The molecule has 0 N–H and O–H groups in total. The summed E-state index contributed by atoms with van der Waals surface area (Å²) < 4.78 is 40.6. The molecule has 0 spiro atoms. The summed E-state index contributed by atoms with van der Waals surface area (Å²) in [6.07, 6.45) is -4.56. The number of nitrogens with zero attached hydrogens (tertiary/aromatic N) is 1. The van der Waals surface area contributed by atoms with Gasteiger partial charge in [0.2, 0.25) is 0 Å². The number of halogens is 5. The molecule has 0 saturated carbocycles. The molecule has 0 saturated heterocycles. The Bertz CT molecular complexity index is 971. The molecule has 7 heteroatoms. The Hall–Kier alpha value is -2.50. The topological polar surface area (TPSA) is 21.6 Å². The molecule has 28 heavy (non-hydrogen) atoms. The Morgan fingerprint density at radius 2 is 1.50 bits per heavy atom. The first kappa shape index (κ1) is 20.2. The van der Waals surface area contributed by atoms with Crippen LogP contribution in [0.15, 0.2) is 78.0 Å². The first-order chi connectivity index (χ1) is 13.3. The van der Waals surface area contributed by atoms with E-state index in [9.17, 15) is 13.2 Å². The van der Waals surface area contributed by atoms with Gasteiger partial charge in [0.25, 0.3) is 0 Å². The molecule has 0 aliphatic heterocycles. The Morgan fingerprint density at radius 3 is 2.14 bits per heavy atom. The zero-order valence-corrected chi connectivity index (χ0v) is 15.9. The van der Waals surface area contributed by atoms with E-state index in [4.69, 9.17) is 28.0 Å². The van der Waals surface area contributed by atoms with Crippen LogP contribution in [-0.4, -0.2) is 5.71 Å². The van der Waals surface area contributed by atoms with Crippen molar-refractivity contribution in [3.8, 4) is 0 Å². The van der Waals surface area contributed by atoms with Crippen LogP contribution in [0.4, 0.5) is 13.2 Å². The molecule has 144 valence electrons. The van der Waals surface area contributed by atoms with Crippen LogP contribution in [0.25, 0.3) is 0 Å². The average Bonchev–Trinajstić information content (AvgIpc) is 2.66. The second kappa shape index (κ2) is 8.67. The second-order valence-corrected chi connectivity index (χ2v) is 6.77. The van der Waals surface area contributed by atoms with Crippen LogP contribution in [0.5, 0.6) is 0 Å². The van der Waals surface area contributed by atoms with E-state index < -0.39 is 11.7 Å². The zero-order valence-electron chi connectivity index (χ0n) is 14.4. The van der Waals surface area contributed by atoms with Gasteiger partial charge < -0.3 is 4.84 Å². The standard InChI is InChI=1S/C21H14Cl2F3NO/c22-16-8-6-14(7-9-16)13-28-27-20(15-4-2-1-3-5-15)18-12-17(23)10-11-19(18)21(24,25)26/h1-12H,13H2/b27-20+. The number of benzene rings is 3. The highest BCUT2D eigenvalue weighted by Gasteiger charge is 2.35. The summed E-state index contributed by atoms with van der Waals surface area (Å²) in [5.41, 5.74) is 0.315. The van der Waals surface area contributed by atoms with Crippen LogP contribution in [0.3, 0.4) is 0 Å². The van der Waals surface area contributed by atoms with Gasteiger partial charge in [-0.1, -0.05) is 70.8 Å². The van der Waals surface area contributed by atoms with Crippen LogP contribution < -0.4 is 0 Å². The van der Waals surface area contributed by atoms with Crippen LogP contribution in [-0.2, 0) is 17.6 Å². The van der Waals surface area contributed by atoms with Gasteiger partial charge in [-0.2, -0.15) is 13.2 Å². The van der Waals surface area contributed by atoms with E-state index in [1.165, 1.54) is 12.1 Å². The molecule has 3 aromatic rings. The van der Waals surface area contributed by atoms with Crippen LogP contribution >= 0.6 is 23.2 Å². The maximum atomic E-state index is 13.5. The van der Waals surface area contributed by atoms with Crippen molar-refractivity contribution in [3.63, 3.8) is 0 Å². The predicted molar refractivity (Wildman–Crippen MR) is 105 cm³/mol. The normalized spacial score (nSPS) is 12.1. The summed E-state index contributed by atoms with van der Waals surface area (Å²) in [6.45, 7) is 0.0788. The minimum absolute atomic E-state index is 0.0457. The Kier molecular flexibility index (Phi) is 6.27. The first-order valence-corrected chi connectivity index (χ1v) is 8.97. The lowest BCUT2D eigenvalue weighted by Crippen LogP contribution is -2.15. The van der Waals surface area contributed by atoms with Crippen molar-refractivity contribution in [3.05, 3.63) is 105 Å². The molecule has 0 radical (unpaired) electrons. The maximum absolute atomic E-state index is 13.5. The van der Waals surface area contributed by atoms with Gasteiger partial charge >= 0.3 is 6.18 Å². The largest absolute Gasteiger partial charge is 0.417 e. The van der Waals surface area contributed by atoms with Crippen molar-refractivity contribution in [2.45, 2.75) is 12.8 Å². The van der Waals surface area contributed by atoms with Crippen LogP contribution in [0, 0.1) is 0 Å². The van der Waals surface area contributed by atoms with Gasteiger partial charge in [-0.25, -0.2) is 0 Å². The monoisotopic (exact) mass is 423 g/mol. The molecule has 0 bridgehead atoms. The van der Waals surface area contributed by atoms with Crippen LogP contribution in [0.1, 0.15) is 22.3 Å². The SMILES string of the molecule is FC(F)(F)c1ccc(Cl)cc1/C(=N/OCc1ccc(Cl)cc1)c1ccccc1. The average molecular weight is 424 g/mol. The quantitative estimate of drug-likeness (QED) is 0.320. The Labute approximate surface area is 170 Å². The molecule has 0 unspecified atom stereocenters. The number of alkyl halides is 3. The summed E-state index contributed by atoms with van der Waals surface area (Å²) >= 11 is 11.8. The fourth-order valence-corrected chi connectivity index (χ4v) is 2.86. The van der Waals surface area contributed by atoms with E-state index in [1.807, 2.05) is 0 Å². The minimum atomic E-state index is -4.56. The fourth-order valence-electron chi connectivity index (χ4n) is 2.56. The van der Waals surface area contributed by atoms with Crippen molar-refractivity contribution in [1.29, 1.82) is 0 Å². The Morgan fingerprint density at radius 1 is 0.857 bits per heavy atom. The van der Waals surface area contributed by atoms with Crippen molar-refractivity contribution < 1.29 is 18.0 Å². The molecule has 2 nitrogen and oxygen atoms in total. The van der Waals surface area contributed by atoms with Gasteiger partial charge in [-0.3, -0.25) is 0 Å². The molecule has 3 rings (SSSR count). The lowest BCUT2D eigenvalue weighted by Gasteiger charge is -2.15. The summed E-state index contributed by atoms with van der Waals surface area (Å²) in [5.74, 6) is 0. The molecule has 0 aliphatic rings. The van der Waals surface area contributed by atoms with Crippen molar-refractivity contribution in [2.75, 3.05) is 0 Å². The van der Waals surface area contributed by atoms with Gasteiger partial charge in [0, 0.05) is 21.2 Å². The second-order valence-electron chi connectivity index (χ2n) is 5.89. The van der Waals surface area contributed by atoms with E-state index in [2.05, 4.69) is 5.16 Å². The molecule has 0 heterocycles. The van der Waals surface area contributed by atoms with E-state index >= 15 is 0 Å². The van der Waals surface area contributed by atoms with E-state index in [0.29, 0.717) is 10.6 Å². The van der Waals surface area contributed by atoms with Gasteiger partial charge in [-0.15, -0.1) is 0 Å². The van der Waals surface area contributed by atoms with E-state index in [0.717, 1.165) is 11.6 Å². The molecule has 0 fully saturated rings. The molecular weight excluding hydrogens is 410 g/mol. The van der Waals surface area contributed by atoms with Gasteiger partial charge in [0.1, 0.15) is 12.3 Å². The summed E-state index contributed by atoms with van der Waals surface area (Å²) in [5, 5.41) is 4.77. The van der Waals surface area contributed by atoms with E-state index in [1.54, 1.807) is 54.6 Å². The maximum Gasteiger partial charge on any atom is 0.417 e. The van der Waals surface area contributed by atoms with Crippen molar-refractivity contribution in [2.24, 2.45) is 5.16 Å². The summed E-state index contributed by atoms with van der Waals surface area (Å²) in [4.78, 5) is 5.37. The molecular formula is C21H14Cl2F3NO. The lowest BCUT2D eigenvalue weighted by atomic mass is 9.97. The molecule has 0 aliphatic carbocycles. The van der Waals surface area contributed by atoms with Gasteiger partial charge in [-0.05, 0) is 35.9 Å². The molecule has 0 atom stereocenters. The zero-order chi connectivity index (χ0) is 20.1. The first-order valence-electron chi connectivity index (χ1n) is 8.21. The predicted octanol–water partition coefficient (Wildman–Crippen LogP) is 6.98. The third kappa shape index (κ3) is 5.06. The molecule has 3 aromatic carbocycles. The van der Waals surface area contributed by atoms with Gasteiger partial charge in [0.05, 0.1) is 5.56 Å². The lowest BCUT2D eigenvalue weighted by molar-refractivity contribution is -0.137. The van der Waals surface area contributed by atoms with Crippen molar-refractivity contribution >= 4 is 28.9 Å². The molecule has 0 amide bonds. The van der Waals surface area contributed by atoms with Crippen molar-refractivity contribution in [1.82, 2.24) is 0 Å². The van der Waals surface area contributed by atoms with Crippen LogP contribution in [0.2, 0.25) is 10.0 Å². The third-order valence-electron chi connectivity index (χ3n) is 3.89. The van der Waals surface area contributed by atoms with E-state index in [-0.39, 0.29) is 22.9 Å². The number of oxime groups is 1. The fraction of sp³-hybridized carbons (Fsp3) is 0.0952. The number of hydrogen-bond donors (Lipinski definition) is 0. The molecule has 0 aromatic heterocycles. The number of rotatable bonds is 5. The van der Waals surface area contributed by atoms with Gasteiger partial charge in [0.15, 0.2) is 0 Å². The highest BCUT2D eigenvalue weighted by Crippen LogP contribution is 2.34. The smallest absolute Gasteiger partial charge is 0.390 e.